The van der Waals surface area contributed by atoms with E-state index in [2.05, 4.69) is 251 Å². The first-order valence-electron chi connectivity index (χ1n) is 22.7. The first-order valence-corrected chi connectivity index (χ1v) is 22.7. The van der Waals surface area contributed by atoms with Crippen LogP contribution < -0.4 is 0 Å². The van der Waals surface area contributed by atoms with E-state index >= 15 is 0 Å². The summed E-state index contributed by atoms with van der Waals surface area (Å²) in [6, 6.07) is 80.9. The fourth-order valence-corrected chi connectivity index (χ4v) is 9.98. The van der Waals surface area contributed by atoms with Crippen molar-refractivity contribution in [1.82, 2.24) is 4.98 Å². The van der Waals surface area contributed by atoms with E-state index in [-0.39, 0.29) is 0 Å². The number of H-pyrrole nitrogens is 1. The molecule has 11 rings (SSSR count). The molecule has 310 valence electrons. The van der Waals surface area contributed by atoms with Crippen molar-refractivity contribution in [1.29, 1.82) is 0 Å². The van der Waals surface area contributed by atoms with E-state index in [1.165, 1.54) is 116 Å². The molecule has 1 heteroatoms. The van der Waals surface area contributed by atoms with E-state index in [0.717, 1.165) is 16.6 Å². The molecule has 0 aliphatic rings. The lowest BCUT2D eigenvalue weighted by atomic mass is 9.77. The van der Waals surface area contributed by atoms with Crippen LogP contribution in [0.1, 0.15) is 22.3 Å². The molecule has 0 amide bonds. The Hall–Kier alpha value is -8.00. The lowest BCUT2D eigenvalue weighted by molar-refractivity contribution is 1.44. The summed E-state index contributed by atoms with van der Waals surface area (Å²) in [5, 5.41) is 2.41. The molecule has 65 heavy (non-hydrogen) atoms. The van der Waals surface area contributed by atoms with Crippen molar-refractivity contribution in [2.24, 2.45) is 0 Å². The van der Waals surface area contributed by atoms with E-state index in [4.69, 9.17) is 0 Å². The number of aromatic amines is 1. The molecule has 0 unspecified atom stereocenters. The molecule has 0 atom stereocenters. The number of rotatable bonds is 8. The fourth-order valence-electron chi connectivity index (χ4n) is 9.98. The minimum Gasteiger partial charge on any atom is -0.353 e. The van der Waals surface area contributed by atoms with Gasteiger partial charge in [0.2, 0.25) is 0 Å². The van der Waals surface area contributed by atoms with Crippen LogP contribution in [0.4, 0.5) is 0 Å². The Morgan fingerprint density at radius 3 is 0.692 bits per heavy atom. The van der Waals surface area contributed by atoms with Gasteiger partial charge in [-0.05, 0) is 83.3 Å². The van der Waals surface area contributed by atoms with Gasteiger partial charge in [0.05, 0.1) is 11.0 Å². The van der Waals surface area contributed by atoms with Crippen LogP contribution in [0.5, 0.6) is 0 Å². The smallest absolute Gasteiger partial charge is 0.0558 e. The second-order valence-electron chi connectivity index (χ2n) is 17.6. The number of benzene rings is 10. The Bertz CT molecular complexity index is 3470. The molecule has 0 spiro atoms. The summed E-state index contributed by atoms with van der Waals surface area (Å²) in [6.07, 6.45) is 0. The number of fused-ring (bicyclic) bond motifs is 3. The Morgan fingerprint density at radius 1 is 0.200 bits per heavy atom. The normalized spacial score (nSPS) is 11.4. The van der Waals surface area contributed by atoms with Crippen molar-refractivity contribution in [3.05, 3.63) is 241 Å². The Labute approximate surface area is 382 Å². The molecule has 0 aliphatic carbocycles. The van der Waals surface area contributed by atoms with Gasteiger partial charge in [-0.25, -0.2) is 0 Å². The van der Waals surface area contributed by atoms with Crippen molar-refractivity contribution >= 4 is 21.8 Å². The zero-order valence-corrected chi connectivity index (χ0v) is 37.3. The monoisotopic (exact) mass is 831 g/mol. The maximum Gasteiger partial charge on any atom is 0.0558 e. The van der Waals surface area contributed by atoms with Crippen LogP contribution in [0.2, 0.25) is 0 Å². The Morgan fingerprint density at radius 2 is 0.400 bits per heavy atom. The van der Waals surface area contributed by atoms with Gasteiger partial charge in [0, 0.05) is 44.2 Å². The quantitative estimate of drug-likeness (QED) is 0.157. The van der Waals surface area contributed by atoms with E-state index in [0.29, 0.717) is 0 Å². The van der Waals surface area contributed by atoms with Crippen molar-refractivity contribution in [2.45, 2.75) is 27.7 Å². The lowest BCUT2D eigenvalue weighted by Gasteiger charge is -2.25. The molecule has 0 saturated carbocycles. The third-order valence-electron chi connectivity index (χ3n) is 13.1. The highest BCUT2D eigenvalue weighted by molar-refractivity contribution is 6.32. The molecule has 1 heterocycles. The van der Waals surface area contributed by atoms with Gasteiger partial charge in [-0.2, -0.15) is 0 Å². The summed E-state index contributed by atoms with van der Waals surface area (Å²) in [6.45, 7) is 8.71. The third kappa shape index (κ3) is 7.07. The standard InChI is InChI=1S/C64H49N/c1-41-25-33-49(34-26-41)54-56(50-35-27-42(2)28-36-50)60(52-39-31-44(4)32-40-52)64-62(58(54)51-37-29-43(3)30-38-51)61-57(47-21-13-7-14-22-47)53(45-17-9-5-10-18-45)55(46-19-11-6-12-20-46)59(63(61)65-64)48-23-15-8-16-24-48/h5-40,65H,1-4H3. The van der Waals surface area contributed by atoms with E-state index in [1.54, 1.807) is 0 Å². The van der Waals surface area contributed by atoms with Crippen LogP contribution in [0.15, 0.2) is 218 Å². The number of hydrogen-bond donors (Lipinski definition) is 1. The van der Waals surface area contributed by atoms with E-state index in [1.807, 2.05) is 0 Å². The molecule has 0 fully saturated rings. The van der Waals surface area contributed by atoms with Crippen LogP contribution >= 0.6 is 0 Å². The zero-order valence-electron chi connectivity index (χ0n) is 37.3. The highest BCUT2D eigenvalue weighted by Crippen LogP contribution is 2.58. The van der Waals surface area contributed by atoms with E-state index < -0.39 is 0 Å². The van der Waals surface area contributed by atoms with Crippen LogP contribution in [-0.4, -0.2) is 4.98 Å². The van der Waals surface area contributed by atoms with Gasteiger partial charge in [-0.15, -0.1) is 0 Å². The predicted molar refractivity (Wildman–Crippen MR) is 278 cm³/mol. The fraction of sp³-hybridized carbons (Fsp3) is 0.0625. The Balaban J connectivity index is 1.51. The predicted octanol–water partition coefficient (Wildman–Crippen LogP) is 17.9. The lowest BCUT2D eigenvalue weighted by Crippen LogP contribution is -1.98. The first kappa shape index (κ1) is 39.8. The van der Waals surface area contributed by atoms with Gasteiger partial charge in [0.1, 0.15) is 0 Å². The summed E-state index contributed by atoms with van der Waals surface area (Å²) in [5.41, 5.74) is 26.1. The van der Waals surface area contributed by atoms with Crippen molar-refractivity contribution in [3.63, 3.8) is 0 Å². The molecule has 0 bridgehead atoms. The molecule has 0 radical (unpaired) electrons. The molecule has 10 aromatic carbocycles. The van der Waals surface area contributed by atoms with E-state index in [9.17, 15) is 0 Å². The molecular weight excluding hydrogens is 783 g/mol. The van der Waals surface area contributed by atoms with Gasteiger partial charge < -0.3 is 4.98 Å². The number of aryl methyl sites for hydroxylation is 4. The SMILES string of the molecule is Cc1ccc(-c2c(-c3ccc(C)cc3)c(-c3ccc(C)cc3)c3c([nH]c4c(-c5ccccc5)c(-c5ccccc5)c(-c5ccccc5)c(-c5ccccc5)c43)c2-c2ccc(C)cc2)cc1. The average molecular weight is 832 g/mol. The third-order valence-corrected chi connectivity index (χ3v) is 13.1. The molecular formula is C64H49N. The average Bonchev–Trinajstić information content (AvgIpc) is 3.74. The summed E-state index contributed by atoms with van der Waals surface area (Å²) in [7, 11) is 0. The van der Waals surface area contributed by atoms with Gasteiger partial charge in [-0.1, -0.05) is 241 Å². The second-order valence-corrected chi connectivity index (χ2v) is 17.6. The summed E-state index contributed by atoms with van der Waals surface area (Å²) in [5.74, 6) is 0. The van der Waals surface area contributed by atoms with Gasteiger partial charge in [0.25, 0.3) is 0 Å². The summed E-state index contributed by atoms with van der Waals surface area (Å²) < 4.78 is 0. The van der Waals surface area contributed by atoms with Crippen LogP contribution in [0.25, 0.3) is 111 Å². The highest BCUT2D eigenvalue weighted by atomic mass is 14.7. The minimum absolute atomic E-state index is 1.11. The van der Waals surface area contributed by atoms with Crippen LogP contribution in [0.3, 0.4) is 0 Å². The van der Waals surface area contributed by atoms with Gasteiger partial charge in [-0.3, -0.25) is 0 Å². The molecule has 0 saturated heterocycles. The number of nitrogens with one attached hydrogen (secondary N) is 1. The van der Waals surface area contributed by atoms with Crippen LogP contribution in [-0.2, 0) is 0 Å². The van der Waals surface area contributed by atoms with Crippen molar-refractivity contribution in [2.75, 3.05) is 0 Å². The maximum atomic E-state index is 4.36. The highest BCUT2D eigenvalue weighted by Gasteiger charge is 2.32. The molecule has 1 aromatic heterocycles. The summed E-state index contributed by atoms with van der Waals surface area (Å²) >= 11 is 0. The van der Waals surface area contributed by atoms with Gasteiger partial charge >= 0.3 is 0 Å². The maximum absolute atomic E-state index is 4.36. The van der Waals surface area contributed by atoms with Crippen molar-refractivity contribution in [3.8, 4) is 89.0 Å². The number of hydrogen-bond acceptors (Lipinski definition) is 0. The topological polar surface area (TPSA) is 15.8 Å². The number of aromatic nitrogens is 1. The minimum atomic E-state index is 1.11. The Kier molecular flexibility index (Phi) is 10.2. The van der Waals surface area contributed by atoms with Crippen molar-refractivity contribution < 1.29 is 0 Å². The molecule has 0 aliphatic heterocycles. The largest absolute Gasteiger partial charge is 0.353 e. The molecule has 1 nitrogen and oxygen atoms in total. The zero-order chi connectivity index (χ0) is 44.0. The molecule has 1 N–H and O–H groups in total. The molecule has 11 aromatic rings. The van der Waals surface area contributed by atoms with Crippen LogP contribution in [0, 0.1) is 27.7 Å². The second kappa shape index (κ2) is 16.6. The summed E-state index contributed by atoms with van der Waals surface area (Å²) in [4.78, 5) is 4.36. The first-order chi connectivity index (χ1) is 31.9. The van der Waals surface area contributed by atoms with Gasteiger partial charge in [0.15, 0.2) is 0 Å².